The van der Waals surface area contributed by atoms with E-state index in [1.54, 1.807) is 0 Å². The van der Waals surface area contributed by atoms with E-state index in [4.69, 9.17) is 0 Å². The van der Waals surface area contributed by atoms with Crippen LogP contribution in [0.25, 0.3) is 33.4 Å². The van der Waals surface area contributed by atoms with Gasteiger partial charge in [-0.05, 0) is 29.2 Å². The minimum absolute atomic E-state index is 1.17. The van der Waals surface area contributed by atoms with Crippen LogP contribution in [0.15, 0.2) is 48.5 Å². The van der Waals surface area contributed by atoms with Crippen LogP contribution in [0.1, 0.15) is 12.8 Å². The van der Waals surface area contributed by atoms with E-state index in [0.717, 1.165) is 0 Å². The zero-order chi connectivity index (χ0) is 12.7. The molecule has 0 saturated carbocycles. The Kier molecular flexibility index (Phi) is 2.52. The monoisotopic (exact) mass is 262 g/mol. The van der Waals surface area contributed by atoms with Gasteiger partial charge in [0, 0.05) is 14.6 Å². The first-order valence-corrected chi connectivity index (χ1v) is 7.52. The maximum Gasteiger partial charge on any atom is 0.0433 e. The number of hydrogen-bond acceptors (Lipinski definition) is 1. The summed E-state index contributed by atoms with van der Waals surface area (Å²) < 4.78 is 2.87. The van der Waals surface area contributed by atoms with E-state index in [2.05, 4.69) is 60.7 Å². The standard InChI is InChI=1S/C18H14S/c1-2-7-13(8-3-1)14-10-6-11-16-15-9-4-5-12-17(15)19-18(14)16/h1-3,6-12H,4-5H2. The molecule has 0 amide bonds. The predicted octanol–water partition coefficient (Wildman–Crippen LogP) is 3.92. The number of thiophene rings is 1. The minimum atomic E-state index is 1.17. The Morgan fingerprint density at radius 2 is 1.63 bits per heavy atom. The molecule has 1 aliphatic rings. The summed E-state index contributed by atoms with van der Waals surface area (Å²) in [5.41, 5.74) is 2.67. The molecular weight excluding hydrogens is 248 g/mol. The van der Waals surface area contributed by atoms with Crippen molar-refractivity contribution in [3.05, 3.63) is 58.3 Å². The number of fused-ring (bicyclic) bond motifs is 3. The molecule has 0 bridgehead atoms. The Hall–Kier alpha value is -1.86. The summed E-state index contributed by atoms with van der Waals surface area (Å²) >= 11 is 1.93. The van der Waals surface area contributed by atoms with E-state index < -0.39 is 0 Å². The first kappa shape index (κ1) is 11.0. The van der Waals surface area contributed by atoms with E-state index in [-0.39, 0.29) is 0 Å². The summed E-state index contributed by atoms with van der Waals surface area (Å²) in [5.74, 6) is 0. The summed E-state index contributed by atoms with van der Waals surface area (Å²) in [6.07, 6.45) is 7.13. The summed E-state index contributed by atoms with van der Waals surface area (Å²) in [6.45, 7) is 0. The Morgan fingerprint density at radius 3 is 2.53 bits per heavy atom. The van der Waals surface area contributed by atoms with Gasteiger partial charge in [-0.15, -0.1) is 11.3 Å². The summed E-state index contributed by atoms with van der Waals surface area (Å²) in [5, 5.41) is 2.86. The Morgan fingerprint density at radius 1 is 0.789 bits per heavy atom. The van der Waals surface area contributed by atoms with Gasteiger partial charge < -0.3 is 0 Å². The molecule has 0 nitrogen and oxygen atoms in total. The second kappa shape index (κ2) is 4.36. The third-order valence-corrected chi connectivity index (χ3v) is 4.96. The van der Waals surface area contributed by atoms with Crippen LogP contribution in [0.5, 0.6) is 0 Å². The van der Waals surface area contributed by atoms with Crippen molar-refractivity contribution < 1.29 is 0 Å². The fourth-order valence-corrected chi connectivity index (χ4v) is 4.11. The number of rotatable bonds is 1. The van der Waals surface area contributed by atoms with Crippen LogP contribution in [-0.4, -0.2) is 0 Å². The van der Waals surface area contributed by atoms with Crippen LogP contribution in [0, 0.1) is 0 Å². The van der Waals surface area contributed by atoms with Crippen molar-refractivity contribution in [3.63, 3.8) is 0 Å². The normalized spacial score (nSPS) is 13.7. The smallest absolute Gasteiger partial charge is 0.0433 e. The summed E-state index contributed by atoms with van der Waals surface area (Å²) in [4.78, 5) is 0. The molecule has 0 aliphatic heterocycles. The molecule has 0 radical (unpaired) electrons. The Balaban J connectivity index is 2.12. The fraction of sp³-hybridized carbons (Fsp3) is 0.111. The van der Waals surface area contributed by atoms with Gasteiger partial charge in [-0.2, -0.15) is 0 Å². The van der Waals surface area contributed by atoms with Crippen molar-refractivity contribution in [2.24, 2.45) is 0 Å². The molecular formula is C18H14S. The summed E-state index contributed by atoms with van der Waals surface area (Å²) in [6, 6.07) is 17.4. The number of hydrogen-bond donors (Lipinski definition) is 0. The van der Waals surface area contributed by atoms with Crippen molar-refractivity contribution in [2.75, 3.05) is 0 Å². The van der Waals surface area contributed by atoms with Gasteiger partial charge in [0.05, 0.1) is 0 Å². The van der Waals surface area contributed by atoms with Gasteiger partial charge in [0.25, 0.3) is 0 Å². The number of benzene rings is 2. The van der Waals surface area contributed by atoms with Crippen LogP contribution in [-0.2, 0) is 0 Å². The average molecular weight is 262 g/mol. The van der Waals surface area contributed by atoms with Gasteiger partial charge in [-0.3, -0.25) is 0 Å². The first-order chi connectivity index (χ1) is 9.43. The average Bonchev–Trinajstić information content (AvgIpc) is 2.87. The van der Waals surface area contributed by atoms with Gasteiger partial charge >= 0.3 is 0 Å². The molecule has 0 fully saturated rings. The molecule has 0 saturated heterocycles. The molecule has 2 aromatic carbocycles. The van der Waals surface area contributed by atoms with Crippen LogP contribution in [0.3, 0.4) is 0 Å². The molecule has 1 heterocycles. The third kappa shape index (κ3) is 1.73. The highest BCUT2D eigenvalue weighted by Crippen LogP contribution is 2.29. The molecule has 1 heteroatoms. The maximum atomic E-state index is 2.39. The lowest BCUT2D eigenvalue weighted by molar-refractivity contribution is 1.13. The zero-order valence-corrected chi connectivity index (χ0v) is 11.4. The van der Waals surface area contributed by atoms with Crippen LogP contribution >= 0.6 is 11.3 Å². The molecule has 0 N–H and O–H groups in total. The van der Waals surface area contributed by atoms with E-state index in [0.29, 0.717) is 0 Å². The lowest BCUT2D eigenvalue weighted by Gasteiger charge is -2.02. The van der Waals surface area contributed by atoms with Crippen molar-refractivity contribution in [1.82, 2.24) is 0 Å². The second-order valence-electron chi connectivity index (χ2n) is 4.91. The molecule has 0 spiro atoms. The highest BCUT2D eigenvalue weighted by molar-refractivity contribution is 7.17. The highest BCUT2D eigenvalue weighted by atomic mass is 32.1. The predicted molar refractivity (Wildman–Crippen MR) is 84.7 cm³/mol. The molecule has 1 aliphatic carbocycles. The van der Waals surface area contributed by atoms with Crippen LogP contribution in [0.2, 0.25) is 0 Å². The lowest BCUT2D eigenvalue weighted by atomic mass is 10.0. The van der Waals surface area contributed by atoms with Gasteiger partial charge in [-0.1, -0.05) is 60.7 Å². The van der Waals surface area contributed by atoms with E-state index >= 15 is 0 Å². The van der Waals surface area contributed by atoms with E-state index in [1.807, 2.05) is 11.3 Å². The minimum Gasteiger partial charge on any atom is -0.135 e. The van der Waals surface area contributed by atoms with Crippen molar-refractivity contribution in [3.8, 4) is 11.1 Å². The van der Waals surface area contributed by atoms with Gasteiger partial charge in [0.15, 0.2) is 0 Å². The lowest BCUT2D eigenvalue weighted by Crippen LogP contribution is -2.20. The van der Waals surface area contributed by atoms with Crippen LogP contribution < -0.4 is 9.75 Å². The first-order valence-electron chi connectivity index (χ1n) is 6.71. The van der Waals surface area contributed by atoms with Crippen molar-refractivity contribution in [1.29, 1.82) is 0 Å². The molecule has 0 unspecified atom stereocenters. The molecule has 0 atom stereocenters. The van der Waals surface area contributed by atoms with E-state index in [1.165, 1.54) is 43.8 Å². The quantitative estimate of drug-likeness (QED) is 0.623. The van der Waals surface area contributed by atoms with Crippen molar-refractivity contribution in [2.45, 2.75) is 12.8 Å². The SMILES string of the molecule is C1=c2sc3c(-c4ccccc4)cccc3c2=CCC1. The fourth-order valence-electron chi connectivity index (χ4n) is 2.81. The molecule has 1 aromatic heterocycles. The zero-order valence-electron chi connectivity index (χ0n) is 10.6. The highest BCUT2D eigenvalue weighted by Gasteiger charge is 2.08. The third-order valence-electron chi connectivity index (χ3n) is 3.71. The summed E-state index contributed by atoms with van der Waals surface area (Å²) in [7, 11) is 0. The molecule has 4 rings (SSSR count). The molecule has 19 heavy (non-hydrogen) atoms. The Bertz CT molecular complexity index is 854. The molecule has 3 aromatic rings. The van der Waals surface area contributed by atoms with Crippen molar-refractivity contribution >= 4 is 33.6 Å². The van der Waals surface area contributed by atoms with Gasteiger partial charge in [0.2, 0.25) is 0 Å². The largest absolute Gasteiger partial charge is 0.135 e. The van der Waals surface area contributed by atoms with Crippen LogP contribution in [0.4, 0.5) is 0 Å². The second-order valence-corrected chi connectivity index (χ2v) is 5.97. The maximum absolute atomic E-state index is 2.39. The Labute approximate surface area is 116 Å². The van der Waals surface area contributed by atoms with Gasteiger partial charge in [-0.25, -0.2) is 0 Å². The topological polar surface area (TPSA) is 0 Å². The van der Waals surface area contributed by atoms with E-state index in [9.17, 15) is 0 Å². The van der Waals surface area contributed by atoms with Gasteiger partial charge in [0.1, 0.15) is 0 Å². The molecule has 92 valence electrons.